The van der Waals surface area contributed by atoms with Gasteiger partial charge in [0, 0.05) is 6.07 Å². The van der Waals surface area contributed by atoms with Crippen LogP contribution in [0.5, 0.6) is 0 Å². The monoisotopic (exact) mass is 264 g/mol. The molecule has 1 N–H and O–H groups in total. The first-order valence-corrected chi connectivity index (χ1v) is 6.10. The molecule has 0 radical (unpaired) electrons. The van der Waals surface area contributed by atoms with E-state index in [1.807, 2.05) is 6.92 Å². The van der Waals surface area contributed by atoms with Crippen molar-refractivity contribution in [2.24, 2.45) is 0 Å². The summed E-state index contributed by atoms with van der Waals surface area (Å²) in [4.78, 5) is 28.7. The number of nitrogens with one attached hydrogen (secondary N) is 1. The van der Waals surface area contributed by atoms with E-state index in [9.17, 15) is 9.59 Å². The minimum absolute atomic E-state index is 0.0925. The Kier molecular flexibility index (Phi) is 3.71. The minimum Gasteiger partial charge on any atom is -0.403 e. The number of hydrogen-bond acceptors (Lipinski definition) is 5. The van der Waals surface area contributed by atoms with Crippen LogP contribution in [0.25, 0.3) is 0 Å². The first-order chi connectivity index (χ1) is 9.08. The molecule has 0 aromatic carbocycles. The van der Waals surface area contributed by atoms with Crippen LogP contribution in [0.2, 0.25) is 0 Å². The molecule has 1 aromatic heterocycles. The number of hydrogen-bond donors (Lipinski definition) is 1. The van der Waals surface area contributed by atoms with E-state index in [-0.39, 0.29) is 17.6 Å². The summed E-state index contributed by atoms with van der Waals surface area (Å²) in [5, 5.41) is 3.78. The molecule has 1 amide bonds. The fraction of sp³-hybridized carbons (Fsp3) is 0.385. The lowest BCUT2D eigenvalue weighted by Crippen LogP contribution is -2.41. The molecule has 0 aliphatic carbocycles. The van der Waals surface area contributed by atoms with Crippen molar-refractivity contribution in [3.63, 3.8) is 0 Å². The third-order valence-electron chi connectivity index (χ3n) is 2.92. The maximum Gasteiger partial charge on any atom is 0.337 e. The van der Waals surface area contributed by atoms with Gasteiger partial charge in [0.2, 0.25) is 5.88 Å². The molecule has 0 fully saturated rings. The average molecular weight is 264 g/mol. The molecule has 19 heavy (non-hydrogen) atoms. The standard InChI is InChI=1S/C13H16N2O4/c1-4-5-6-9-7-10(16)19-13-11(9)12(17)14-8(2)15(13)18-3/h7H,2,4-6H2,1,3H3,(H,14,17). The van der Waals surface area contributed by atoms with Gasteiger partial charge in [-0.3, -0.25) is 9.63 Å². The zero-order valence-corrected chi connectivity index (χ0v) is 11.0. The van der Waals surface area contributed by atoms with Gasteiger partial charge < -0.3 is 9.73 Å². The summed E-state index contributed by atoms with van der Waals surface area (Å²) in [5.74, 6) is -0.0196. The second kappa shape index (κ2) is 5.27. The van der Waals surface area contributed by atoms with Gasteiger partial charge in [0.25, 0.3) is 5.91 Å². The van der Waals surface area contributed by atoms with Crippen molar-refractivity contribution < 1.29 is 14.0 Å². The van der Waals surface area contributed by atoms with E-state index >= 15 is 0 Å². The Morgan fingerprint density at radius 1 is 1.47 bits per heavy atom. The molecule has 0 saturated carbocycles. The SMILES string of the molecule is C=C1NC(=O)c2c(CCCC)cc(=O)oc2N1OC. The second-order valence-electron chi connectivity index (χ2n) is 4.25. The number of nitrogens with zero attached hydrogens (tertiary/aromatic N) is 1. The molecule has 0 unspecified atom stereocenters. The number of unbranched alkanes of at least 4 members (excludes halogenated alkanes) is 1. The molecule has 0 bridgehead atoms. The molecule has 1 aliphatic rings. The van der Waals surface area contributed by atoms with Crippen molar-refractivity contribution in [1.82, 2.24) is 5.32 Å². The average Bonchev–Trinajstić information content (AvgIpc) is 2.35. The molecule has 1 aromatic rings. The number of carbonyl (C=O) groups excluding carboxylic acids is 1. The molecule has 1 aliphatic heterocycles. The van der Waals surface area contributed by atoms with Gasteiger partial charge in [-0.2, -0.15) is 5.06 Å². The maximum absolute atomic E-state index is 12.0. The third-order valence-corrected chi connectivity index (χ3v) is 2.92. The van der Waals surface area contributed by atoms with Crippen LogP contribution < -0.4 is 16.0 Å². The van der Waals surface area contributed by atoms with E-state index in [0.717, 1.165) is 12.8 Å². The van der Waals surface area contributed by atoms with Crippen LogP contribution in [-0.4, -0.2) is 13.0 Å². The Morgan fingerprint density at radius 3 is 2.84 bits per heavy atom. The van der Waals surface area contributed by atoms with E-state index in [4.69, 9.17) is 9.25 Å². The van der Waals surface area contributed by atoms with Crippen LogP contribution in [-0.2, 0) is 11.3 Å². The summed E-state index contributed by atoms with van der Waals surface area (Å²) < 4.78 is 5.09. The number of amides is 1. The number of aryl methyl sites for hydroxylation is 1. The first kappa shape index (κ1) is 13.4. The highest BCUT2D eigenvalue weighted by atomic mass is 16.7. The van der Waals surface area contributed by atoms with Crippen LogP contribution >= 0.6 is 0 Å². The molecule has 0 spiro atoms. The van der Waals surface area contributed by atoms with Crippen molar-refractivity contribution in [1.29, 1.82) is 0 Å². The van der Waals surface area contributed by atoms with Crippen LogP contribution in [0.4, 0.5) is 5.88 Å². The summed E-state index contributed by atoms with van der Waals surface area (Å²) >= 11 is 0. The highest BCUT2D eigenvalue weighted by Crippen LogP contribution is 2.29. The van der Waals surface area contributed by atoms with Crippen molar-refractivity contribution in [3.05, 3.63) is 40.0 Å². The van der Waals surface area contributed by atoms with E-state index < -0.39 is 5.63 Å². The fourth-order valence-corrected chi connectivity index (χ4v) is 2.04. The summed E-state index contributed by atoms with van der Waals surface area (Å²) in [6.07, 6.45) is 2.50. The Bertz CT molecular complexity index is 576. The number of fused-ring (bicyclic) bond motifs is 1. The van der Waals surface area contributed by atoms with E-state index in [1.165, 1.54) is 18.2 Å². The molecular formula is C13H16N2O4. The van der Waals surface area contributed by atoms with Crippen LogP contribution in [0.3, 0.4) is 0 Å². The van der Waals surface area contributed by atoms with Crippen LogP contribution in [0.1, 0.15) is 35.7 Å². The lowest BCUT2D eigenvalue weighted by molar-refractivity contribution is 0.0915. The van der Waals surface area contributed by atoms with Gasteiger partial charge in [0.1, 0.15) is 11.4 Å². The number of hydroxylamine groups is 1. The van der Waals surface area contributed by atoms with E-state index in [2.05, 4.69) is 11.9 Å². The second-order valence-corrected chi connectivity index (χ2v) is 4.25. The Labute approximate surface area is 110 Å². The molecule has 0 atom stereocenters. The van der Waals surface area contributed by atoms with Gasteiger partial charge in [0.15, 0.2) is 0 Å². The molecule has 2 rings (SSSR count). The summed E-state index contributed by atoms with van der Waals surface area (Å²) in [6.45, 7) is 5.69. The van der Waals surface area contributed by atoms with Gasteiger partial charge in [-0.15, -0.1) is 0 Å². The quantitative estimate of drug-likeness (QED) is 0.893. The predicted octanol–water partition coefficient (Wildman–Crippen LogP) is 1.56. The lowest BCUT2D eigenvalue weighted by Gasteiger charge is -2.29. The van der Waals surface area contributed by atoms with Gasteiger partial charge in [0.05, 0.1) is 7.11 Å². The van der Waals surface area contributed by atoms with Gasteiger partial charge in [-0.25, -0.2) is 4.79 Å². The maximum atomic E-state index is 12.0. The van der Waals surface area contributed by atoms with E-state index in [0.29, 0.717) is 17.5 Å². The van der Waals surface area contributed by atoms with Gasteiger partial charge in [-0.1, -0.05) is 19.9 Å². The molecule has 102 valence electrons. The highest BCUT2D eigenvalue weighted by molar-refractivity contribution is 6.03. The molecule has 2 heterocycles. The normalized spacial score (nSPS) is 14.3. The number of rotatable bonds is 4. The zero-order valence-electron chi connectivity index (χ0n) is 11.0. The van der Waals surface area contributed by atoms with Crippen molar-refractivity contribution in [2.75, 3.05) is 12.2 Å². The van der Waals surface area contributed by atoms with Crippen LogP contribution in [0.15, 0.2) is 27.7 Å². The largest absolute Gasteiger partial charge is 0.403 e. The molecule has 6 heteroatoms. The first-order valence-electron chi connectivity index (χ1n) is 6.10. The zero-order chi connectivity index (χ0) is 14.0. The highest BCUT2D eigenvalue weighted by Gasteiger charge is 2.31. The Balaban J connectivity index is 2.58. The van der Waals surface area contributed by atoms with Gasteiger partial charge in [-0.05, 0) is 18.4 Å². The Morgan fingerprint density at radius 2 is 2.21 bits per heavy atom. The van der Waals surface area contributed by atoms with Gasteiger partial charge >= 0.3 is 5.63 Å². The fourth-order valence-electron chi connectivity index (χ4n) is 2.04. The molecule has 0 saturated heterocycles. The summed E-state index contributed by atoms with van der Waals surface area (Å²) in [7, 11) is 1.41. The summed E-state index contributed by atoms with van der Waals surface area (Å²) in [5.41, 5.74) is 0.497. The summed E-state index contributed by atoms with van der Waals surface area (Å²) in [6, 6.07) is 1.36. The van der Waals surface area contributed by atoms with Crippen molar-refractivity contribution in [3.8, 4) is 0 Å². The van der Waals surface area contributed by atoms with Crippen LogP contribution in [0, 0.1) is 0 Å². The number of carbonyl (C=O) groups is 1. The smallest absolute Gasteiger partial charge is 0.337 e. The molecule has 6 nitrogen and oxygen atoms in total. The van der Waals surface area contributed by atoms with Crippen molar-refractivity contribution in [2.45, 2.75) is 26.2 Å². The van der Waals surface area contributed by atoms with E-state index in [1.54, 1.807) is 0 Å². The Hall–Kier alpha value is -2.08. The predicted molar refractivity (Wildman–Crippen MR) is 69.7 cm³/mol. The molecular weight excluding hydrogens is 248 g/mol. The minimum atomic E-state index is -0.505. The number of anilines is 1. The lowest BCUT2D eigenvalue weighted by atomic mass is 10.0. The third kappa shape index (κ3) is 2.39. The topological polar surface area (TPSA) is 71.8 Å². The van der Waals surface area contributed by atoms with Crippen molar-refractivity contribution >= 4 is 11.8 Å².